The Labute approximate surface area is 114 Å². The number of nitrogens with two attached hydrogens (primary N) is 1. The first-order valence-electron chi connectivity index (χ1n) is 4.96. The molecule has 2 nitrogen and oxygen atoms in total. The van der Waals surface area contributed by atoms with E-state index < -0.39 is 17.8 Å². The number of thiophene rings is 1. The SMILES string of the molecule is Cc1ccoc1C(N)c1scc(C(F)(F)F)c1Br. The van der Waals surface area contributed by atoms with E-state index in [-0.39, 0.29) is 4.47 Å². The van der Waals surface area contributed by atoms with E-state index >= 15 is 0 Å². The Kier molecular flexibility index (Phi) is 3.57. The first-order valence-corrected chi connectivity index (χ1v) is 6.63. The molecule has 0 saturated carbocycles. The van der Waals surface area contributed by atoms with Gasteiger partial charge in [0.2, 0.25) is 0 Å². The molecule has 2 N–H and O–H groups in total. The maximum absolute atomic E-state index is 12.7. The lowest BCUT2D eigenvalue weighted by Crippen LogP contribution is -2.12. The summed E-state index contributed by atoms with van der Waals surface area (Å²) in [5.74, 6) is 0.478. The molecular formula is C11H9BrF3NOS. The lowest BCUT2D eigenvalue weighted by atomic mass is 10.1. The van der Waals surface area contributed by atoms with Crippen LogP contribution in [-0.2, 0) is 6.18 Å². The number of rotatable bonds is 2. The first kappa shape index (κ1) is 13.6. The molecule has 7 heteroatoms. The van der Waals surface area contributed by atoms with Crippen molar-refractivity contribution < 1.29 is 17.6 Å². The third kappa shape index (κ3) is 2.34. The van der Waals surface area contributed by atoms with Gasteiger partial charge in [-0.2, -0.15) is 13.2 Å². The van der Waals surface area contributed by atoms with E-state index in [9.17, 15) is 13.2 Å². The molecule has 0 aliphatic carbocycles. The highest BCUT2D eigenvalue weighted by molar-refractivity contribution is 9.10. The Morgan fingerprint density at radius 3 is 2.56 bits per heavy atom. The van der Waals surface area contributed by atoms with Gasteiger partial charge < -0.3 is 10.2 Å². The van der Waals surface area contributed by atoms with Crippen molar-refractivity contribution in [3.05, 3.63) is 43.9 Å². The minimum atomic E-state index is -4.38. The maximum atomic E-state index is 12.7. The number of halogens is 4. The molecule has 2 aromatic heterocycles. The van der Waals surface area contributed by atoms with Crippen molar-refractivity contribution in [2.24, 2.45) is 5.73 Å². The molecule has 98 valence electrons. The third-order valence-corrected chi connectivity index (χ3v) is 4.71. The normalized spacial score (nSPS) is 13.9. The molecule has 0 fully saturated rings. The molecule has 0 amide bonds. The maximum Gasteiger partial charge on any atom is 0.418 e. The van der Waals surface area contributed by atoms with E-state index in [0.717, 1.165) is 22.3 Å². The van der Waals surface area contributed by atoms with Gasteiger partial charge in [0.1, 0.15) is 5.76 Å². The van der Waals surface area contributed by atoms with E-state index in [1.165, 1.54) is 6.26 Å². The molecule has 0 aromatic carbocycles. The summed E-state index contributed by atoms with van der Waals surface area (Å²) in [6.07, 6.45) is -2.91. The third-order valence-electron chi connectivity index (χ3n) is 2.53. The fourth-order valence-corrected chi connectivity index (χ4v) is 3.56. The molecule has 1 atom stereocenters. The van der Waals surface area contributed by atoms with Gasteiger partial charge in [0.25, 0.3) is 0 Å². The summed E-state index contributed by atoms with van der Waals surface area (Å²) >= 11 is 3.93. The summed E-state index contributed by atoms with van der Waals surface area (Å²) in [5, 5.41) is 1.05. The largest absolute Gasteiger partial charge is 0.467 e. The van der Waals surface area contributed by atoms with Crippen LogP contribution in [0.2, 0.25) is 0 Å². The van der Waals surface area contributed by atoms with E-state index in [1.54, 1.807) is 13.0 Å². The number of alkyl halides is 3. The predicted molar refractivity (Wildman–Crippen MR) is 66.5 cm³/mol. The Balaban J connectivity index is 2.42. The lowest BCUT2D eigenvalue weighted by Gasteiger charge is -2.10. The zero-order valence-electron chi connectivity index (χ0n) is 9.22. The Morgan fingerprint density at radius 1 is 1.44 bits per heavy atom. The van der Waals surface area contributed by atoms with Gasteiger partial charge in [0.05, 0.1) is 17.9 Å². The van der Waals surface area contributed by atoms with Gasteiger partial charge in [-0.05, 0) is 34.5 Å². The Morgan fingerprint density at radius 2 is 2.11 bits per heavy atom. The van der Waals surface area contributed by atoms with E-state index in [4.69, 9.17) is 10.2 Å². The Hall–Kier alpha value is -0.790. The van der Waals surface area contributed by atoms with Crippen LogP contribution in [0, 0.1) is 6.92 Å². The molecule has 1 unspecified atom stereocenters. The molecule has 2 heterocycles. The first-order chi connectivity index (χ1) is 8.32. The second-order valence-electron chi connectivity index (χ2n) is 3.77. The summed E-state index contributed by atoms with van der Waals surface area (Å²) in [6.45, 7) is 1.80. The van der Waals surface area contributed by atoms with Crippen LogP contribution in [0.5, 0.6) is 0 Å². The lowest BCUT2D eigenvalue weighted by molar-refractivity contribution is -0.137. The van der Waals surface area contributed by atoms with Crippen LogP contribution in [-0.4, -0.2) is 0 Å². The van der Waals surface area contributed by atoms with Crippen molar-refractivity contribution in [1.82, 2.24) is 0 Å². The van der Waals surface area contributed by atoms with Crippen molar-refractivity contribution in [3.8, 4) is 0 Å². The summed E-state index contributed by atoms with van der Waals surface area (Å²) in [7, 11) is 0. The Bertz CT molecular complexity index is 561. The smallest absolute Gasteiger partial charge is 0.418 e. The van der Waals surface area contributed by atoms with Gasteiger partial charge >= 0.3 is 6.18 Å². The van der Waals surface area contributed by atoms with Gasteiger partial charge in [0, 0.05) is 14.7 Å². The van der Waals surface area contributed by atoms with Crippen LogP contribution < -0.4 is 5.73 Å². The van der Waals surface area contributed by atoms with Gasteiger partial charge in [-0.3, -0.25) is 0 Å². The molecule has 0 bridgehead atoms. The van der Waals surface area contributed by atoms with Crippen LogP contribution >= 0.6 is 27.3 Å². The van der Waals surface area contributed by atoms with E-state index in [2.05, 4.69) is 15.9 Å². The van der Waals surface area contributed by atoms with Crippen molar-refractivity contribution >= 4 is 27.3 Å². The number of hydrogen-bond acceptors (Lipinski definition) is 3. The second-order valence-corrected chi connectivity index (χ2v) is 5.48. The van der Waals surface area contributed by atoms with Crippen LogP contribution in [0.25, 0.3) is 0 Å². The van der Waals surface area contributed by atoms with Gasteiger partial charge in [-0.25, -0.2) is 0 Å². The fraction of sp³-hybridized carbons (Fsp3) is 0.273. The highest BCUT2D eigenvalue weighted by Crippen LogP contribution is 2.43. The minimum absolute atomic E-state index is 0.0108. The molecular weight excluding hydrogens is 331 g/mol. The minimum Gasteiger partial charge on any atom is -0.467 e. The quantitative estimate of drug-likeness (QED) is 0.876. The monoisotopic (exact) mass is 339 g/mol. The van der Waals surface area contributed by atoms with Crippen LogP contribution in [0.4, 0.5) is 13.2 Å². The fourth-order valence-electron chi connectivity index (χ4n) is 1.58. The number of aryl methyl sites for hydroxylation is 1. The average Bonchev–Trinajstić information content (AvgIpc) is 2.82. The zero-order chi connectivity index (χ0) is 13.5. The summed E-state index contributed by atoms with van der Waals surface area (Å²) < 4.78 is 43.2. The molecule has 2 aromatic rings. The van der Waals surface area contributed by atoms with Crippen LogP contribution in [0.1, 0.15) is 27.8 Å². The van der Waals surface area contributed by atoms with E-state index in [0.29, 0.717) is 10.6 Å². The topological polar surface area (TPSA) is 39.2 Å². The van der Waals surface area contributed by atoms with Crippen molar-refractivity contribution in [2.45, 2.75) is 19.1 Å². The highest BCUT2D eigenvalue weighted by Gasteiger charge is 2.36. The summed E-state index contributed by atoms with van der Waals surface area (Å²) in [5.41, 5.74) is 6.05. The van der Waals surface area contributed by atoms with E-state index in [1.807, 2.05) is 0 Å². The molecule has 0 aliphatic heterocycles. The highest BCUT2D eigenvalue weighted by atomic mass is 79.9. The average molecular weight is 340 g/mol. The molecule has 0 saturated heterocycles. The molecule has 0 aliphatic rings. The number of furan rings is 1. The van der Waals surface area contributed by atoms with Crippen molar-refractivity contribution in [1.29, 1.82) is 0 Å². The number of hydrogen-bond donors (Lipinski definition) is 1. The van der Waals surface area contributed by atoms with Gasteiger partial charge in [0.15, 0.2) is 0 Å². The van der Waals surface area contributed by atoms with Crippen molar-refractivity contribution in [2.75, 3.05) is 0 Å². The summed E-state index contributed by atoms with van der Waals surface area (Å²) in [4.78, 5) is 0.403. The van der Waals surface area contributed by atoms with Crippen LogP contribution in [0.15, 0.2) is 26.6 Å². The van der Waals surface area contributed by atoms with Crippen LogP contribution in [0.3, 0.4) is 0 Å². The van der Waals surface area contributed by atoms with Crippen molar-refractivity contribution in [3.63, 3.8) is 0 Å². The molecule has 0 radical (unpaired) electrons. The standard InChI is InChI=1S/C11H9BrF3NOS/c1-5-2-3-17-9(5)8(16)10-7(12)6(4-18-10)11(13,14)15/h2-4,8H,16H2,1H3. The van der Waals surface area contributed by atoms with Gasteiger partial charge in [-0.15, -0.1) is 11.3 Å². The second kappa shape index (κ2) is 4.71. The predicted octanol–water partition coefficient (Wildman–Crippen LogP) is 4.48. The molecule has 18 heavy (non-hydrogen) atoms. The zero-order valence-corrected chi connectivity index (χ0v) is 11.6. The van der Waals surface area contributed by atoms with Gasteiger partial charge in [-0.1, -0.05) is 0 Å². The molecule has 2 rings (SSSR count). The molecule has 0 spiro atoms. The summed E-state index contributed by atoms with van der Waals surface area (Å²) in [6, 6.07) is 1.02.